The maximum atomic E-state index is 14.4. The van der Waals surface area contributed by atoms with Gasteiger partial charge in [0.25, 0.3) is 27.8 Å². The first-order valence-electron chi connectivity index (χ1n) is 47.9. The number of nitrogens with zero attached hydrogens (tertiary/aromatic N) is 21. The number of halogens is 3. The molecule has 0 bridgehead atoms. The van der Waals surface area contributed by atoms with E-state index >= 15 is 0 Å². The van der Waals surface area contributed by atoms with Gasteiger partial charge in [-0.25, -0.2) is 63.0 Å². The van der Waals surface area contributed by atoms with Crippen molar-refractivity contribution in [1.82, 2.24) is 97.2 Å². The van der Waals surface area contributed by atoms with Crippen LogP contribution in [0.5, 0.6) is 0 Å². The third-order valence-electron chi connectivity index (χ3n) is 26.8. The van der Waals surface area contributed by atoms with Crippen LogP contribution in [0.1, 0.15) is 74.2 Å². The molecule has 3 saturated heterocycles. The van der Waals surface area contributed by atoms with E-state index in [2.05, 4.69) is 133 Å². The Morgan fingerprint density at radius 3 is 1.09 bits per heavy atom. The Morgan fingerprint density at radius 1 is 0.347 bits per heavy atom. The average Bonchev–Trinajstić information content (AvgIpc) is 1.69. The number of hydrogen-bond acceptors (Lipinski definition) is 28. The van der Waals surface area contributed by atoms with Crippen LogP contribution in [0, 0.1) is 52.1 Å². The zero-order valence-electron chi connectivity index (χ0n) is 80.9. The normalized spacial score (nSPS) is 16.1. The number of aryl methyl sites for hydroxylation is 5. The number of fused-ring (bicyclic) bond motifs is 10. The summed E-state index contributed by atoms with van der Waals surface area (Å²) in [5, 5.41) is 6.72. The first-order chi connectivity index (χ1) is 69.6. The fraction of sp³-hybridized carbons (Fsp3) is 0.269. The van der Waals surface area contributed by atoms with Gasteiger partial charge in [-0.05, 0) is 191 Å². The molecule has 33 nitrogen and oxygen atoms in total. The predicted molar refractivity (Wildman–Crippen MR) is 550 cm³/mol. The molecule has 3 fully saturated rings. The minimum atomic E-state index is -0.500. The van der Waals surface area contributed by atoms with E-state index < -0.39 is 17.5 Å². The molecule has 0 aliphatic carbocycles. The van der Waals surface area contributed by atoms with Gasteiger partial charge in [-0.3, -0.25) is 50.9 Å². The number of oxazole rings is 5. The molecule has 5 aliphatic rings. The van der Waals surface area contributed by atoms with Crippen LogP contribution in [0.15, 0.2) is 253 Å². The van der Waals surface area contributed by atoms with Crippen LogP contribution >= 0.6 is 0 Å². The van der Waals surface area contributed by atoms with Gasteiger partial charge in [0.1, 0.15) is 55.8 Å². The highest BCUT2D eigenvalue weighted by Crippen LogP contribution is 2.35. The van der Waals surface area contributed by atoms with Crippen molar-refractivity contribution in [2.45, 2.75) is 80.3 Å². The summed E-state index contributed by atoms with van der Waals surface area (Å²) in [6.45, 7) is 29.2. The number of hydrogen-bond donors (Lipinski definition) is 2. The molecule has 5 aromatic carbocycles. The third kappa shape index (κ3) is 19.6. The maximum absolute atomic E-state index is 14.4. The van der Waals surface area contributed by atoms with Gasteiger partial charge in [0.15, 0.2) is 74.8 Å². The molecule has 0 saturated carbocycles. The fourth-order valence-electron chi connectivity index (χ4n) is 19.0. The van der Waals surface area contributed by atoms with Crippen LogP contribution in [0.4, 0.5) is 30.2 Å². The lowest BCUT2D eigenvalue weighted by atomic mass is 10.0. The second-order valence-electron chi connectivity index (χ2n) is 36.9. The Hall–Kier alpha value is -16.3. The second kappa shape index (κ2) is 39.3. The Balaban J connectivity index is 0.000000106. The number of benzene rings is 5. The Morgan fingerprint density at radius 2 is 0.701 bits per heavy atom. The molecule has 0 amide bonds. The minimum absolute atomic E-state index is 0.0905. The second-order valence-corrected chi connectivity index (χ2v) is 36.9. The van der Waals surface area contributed by atoms with Crippen molar-refractivity contribution < 1.29 is 35.3 Å². The van der Waals surface area contributed by atoms with Gasteiger partial charge >= 0.3 is 0 Å². The van der Waals surface area contributed by atoms with Crippen molar-refractivity contribution in [2.75, 3.05) is 127 Å². The maximum Gasteiger partial charge on any atom is 0.258 e. The van der Waals surface area contributed by atoms with Crippen LogP contribution < -0.4 is 53.1 Å². The Bertz CT molecular complexity index is 8850. The molecule has 15 aromatic heterocycles. The lowest BCUT2D eigenvalue weighted by Crippen LogP contribution is -2.50. The largest absolute Gasteiger partial charge is 0.441 e. The van der Waals surface area contributed by atoms with Crippen LogP contribution in [0.2, 0.25) is 0 Å². The van der Waals surface area contributed by atoms with E-state index in [4.69, 9.17) is 32.1 Å². The molecular weight excluding hydrogens is 1840 g/mol. The van der Waals surface area contributed by atoms with Crippen molar-refractivity contribution in [3.63, 3.8) is 0 Å². The summed E-state index contributed by atoms with van der Waals surface area (Å²) >= 11 is 0. The Kier molecular flexibility index (Phi) is 25.7. The summed E-state index contributed by atoms with van der Waals surface area (Å²) in [7, 11) is 4.24. The van der Waals surface area contributed by atoms with Crippen molar-refractivity contribution in [2.24, 2.45) is 0 Å². The molecule has 144 heavy (non-hydrogen) atoms. The van der Waals surface area contributed by atoms with E-state index in [1.807, 2.05) is 136 Å². The molecule has 0 spiro atoms. The number of pyridine rings is 5. The molecule has 25 rings (SSSR count). The van der Waals surface area contributed by atoms with Crippen molar-refractivity contribution in [3.05, 3.63) is 317 Å². The molecule has 20 aromatic rings. The van der Waals surface area contributed by atoms with Gasteiger partial charge in [0.05, 0.1) is 45.5 Å². The van der Waals surface area contributed by atoms with Gasteiger partial charge in [-0.1, -0.05) is 31.2 Å². The van der Waals surface area contributed by atoms with Crippen LogP contribution in [0.3, 0.4) is 0 Å². The Labute approximate surface area is 820 Å². The van der Waals surface area contributed by atoms with E-state index in [0.717, 1.165) is 161 Å². The first-order valence-corrected chi connectivity index (χ1v) is 47.9. The topological polar surface area (TPSA) is 345 Å². The number of anilines is 3. The number of aromatic nitrogens is 15. The highest BCUT2D eigenvalue weighted by atomic mass is 19.1. The molecule has 20 heterocycles. The van der Waals surface area contributed by atoms with Gasteiger partial charge in [0, 0.05) is 227 Å². The van der Waals surface area contributed by atoms with E-state index in [1.165, 1.54) is 60.7 Å². The van der Waals surface area contributed by atoms with Crippen LogP contribution in [-0.4, -0.2) is 211 Å². The smallest absolute Gasteiger partial charge is 0.258 e. The molecular formula is C108H102F3N23O10. The van der Waals surface area contributed by atoms with Gasteiger partial charge in [-0.2, -0.15) is 0 Å². The van der Waals surface area contributed by atoms with E-state index in [1.54, 1.807) is 59.9 Å². The monoisotopic (exact) mass is 1940 g/mol. The number of nitrogens with one attached hydrogen (secondary N) is 2. The molecule has 0 radical (unpaired) electrons. The summed E-state index contributed by atoms with van der Waals surface area (Å²) in [6, 6.07) is 47.9. The SMILES string of the molecule is CCN1CC=C(c2ccc3nc(-c4ccc5nc(C)oc5c4)cc(=O)n3c2)CC1.Cc1nc2c(F)cc(-c3cc(=O)n4cc(N5CCN(C)[C@@H](C)C5)ccc4n3)cc2o1.Cc1nc2c(F)cc(-c3cc(=O)n4cc(N5CCNCC5)ccc4n3)cc2o1.Cc1nc2c(F)cc(-c3cc(=O)n4cc(N5CCN[C@@H](C)C5)ccc4n3)cc2o1.Cc1nc2ccc(-c3cc(=O)n4cc(C5=CCN(C)CC5)ccc4n3)cc2o1. The summed E-state index contributed by atoms with van der Waals surface area (Å²) in [5.74, 6) is 0.902. The van der Waals surface area contributed by atoms with Gasteiger partial charge < -0.3 is 57.2 Å². The molecule has 0 unspecified atom stereocenters. The van der Waals surface area contributed by atoms with Gasteiger partial charge in [0.2, 0.25) is 0 Å². The molecule has 5 aliphatic heterocycles. The van der Waals surface area contributed by atoms with E-state index in [0.29, 0.717) is 143 Å². The number of likely N-dealkylation sites (N-methyl/N-ethyl adjacent to an activating group) is 3. The summed E-state index contributed by atoms with van der Waals surface area (Å²) in [5.41, 5.74) is 19.8. The van der Waals surface area contributed by atoms with Crippen LogP contribution in [-0.2, 0) is 0 Å². The zero-order valence-corrected chi connectivity index (χ0v) is 80.9. The van der Waals surface area contributed by atoms with E-state index in [9.17, 15) is 37.1 Å². The molecule has 730 valence electrons. The first kappa shape index (κ1) is 94.0. The molecule has 2 N–H and O–H groups in total. The lowest BCUT2D eigenvalue weighted by molar-refractivity contribution is 0.234. The molecule has 36 heteroatoms. The van der Waals surface area contributed by atoms with E-state index in [-0.39, 0.29) is 44.3 Å². The number of piperazine rings is 3. The predicted octanol–water partition coefficient (Wildman–Crippen LogP) is 15.6. The standard InChI is InChI=1S/C23H22N4O2.C22H22FN5O2.C22H20N4O2.C21H20FN5O2.C20H18FN5O2/c1-3-26-10-8-16(9-11-26)18-5-7-22-25-20(13-23(28)27(22)14-18)17-4-6-19-21(12-17)29-15(2)24-19;1-13-11-27(7-6-26(13)3)16-4-5-20-25-18(10-21(29)28(20)12-16)15-8-17(23)22-19(9-15)30-14(2)24-22;1-14-23-18-5-3-16(11-20(18)28-14)19-12-22(27)26-13-17(4-6-21(26)24-19)15-7-9-25(2)10-8-15;1-12-10-26(6-5-23-12)15-3-4-19-25-17(9-20(28)27(19)11-15)14-7-16(22)21-18(8-14)29-13(2)24-21;1-12-23-20-15(21)8-13(9-17(20)28-12)16-10-19(27)26-11-14(2-3-18(26)24-16)25-6-4-22-5-7-25/h4-8,12-14H,3,9-11H2,1-2H3;4-5,8-10,12-13H,6-7,11H2,1-3H3;3-7,11-13H,8-10H2,1-2H3;3-4,7-9,11-12,23H,5-6,10H2,1-2H3;2-3,8-11,22H,4-7H2,1H3/t;13-;;12-;/m.0.0./s1. The highest BCUT2D eigenvalue weighted by Gasteiger charge is 2.26. The highest BCUT2D eigenvalue weighted by molar-refractivity contribution is 5.85. The average molecular weight is 1940 g/mol. The van der Waals surface area contributed by atoms with Crippen molar-refractivity contribution >= 4 is 112 Å². The molecule has 2 atom stereocenters. The fourth-order valence-corrected chi connectivity index (χ4v) is 19.0. The quantitative estimate of drug-likeness (QED) is 0.121. The summed E-state index contributed by atoms with van der Waals surface area (Å²) in [6.07, 6.45) is 15.7. The van der Waals surface area contributed by atoms with Gasteiger partial charge in [-0.15, -0.1) is 0 Å². The lowest BCUT2D eigenvalue weighted by Gasteiger charge is -2.39. The minimum Gasteiger partial charge on any atom is -0.441 e. The van der Waals surface area contributed by atoms with Crippen LogP contribution in [0.25, 0.3) is 151 Å². The van der Waals surface area contributed by atoms with Crippen molar-refractivity contribution in [1.29, 1.82) is 0 Å². The summed E-state index contributed by atoms with van der Waals surface area (Å²) < 4.78 is 78.6. The van der Waals surface area contributed by atoms with Crippen molar-refractivity contribution in [3.8, 4) is 56.3 Å². The number of rotatable bonds is 11. The summed E-state index contributed by atoms with van der Waals surface area (Å²) in [4.78, 5) is 122. The zero-order chi connectivity index (χ0) is 99.6. The third-order valence-corrected chi connectivity index (χ3v) is 26.8.